The summed E-state index contributed by atoms with van der Waals surface area (Å²) in [6, 6.07) is 11.7. The number of aryl methyl sites for hydroxylation is 1. The molecule has 0 bridgehead atoms. The zero-order valence-electron chi connectivity index (χ0n) is 14.8. The van der Waals surface area contributed by atoms with Crippen molar-refractivity contribution in [2.75, 3.05) is 13.1 Å². The number of fused-ring (bicyclic) bond motifs is 1. The van der Waals surface area contributed by atoms with Crippen LogP contribution in [-0.4, -0.2) is 36.9 Å². The second-order valence-corrected chi connectivity index (χ2v) is 9.53. The standard InChI is InChI=1S/C19H19FN2O3S2/c1-13-5-7-15(8-6-13)27(23,24)22-11-9-14(10-12-22)25-19-21-18-16(20)3-2-4-17(18)26-19/h2-8,14H,9-12H2,1H3. The number of hydrogen-bond donors (Lipinski definition) is 0. The van der Waals surface area contributed by atoms with E-state index in [4.69, 9.17) is 4.74 Å². The van der Waals surface area contributed by atoms with E-state index in [-0.39, 0.29) is 11.9 Å². The summed E-state index contributed by atoms with van der Waals surface area (Å²) in [5.41, 5.74) is 1.34. The second-order valence-electron chi connectivity index (χ2n) is 6.60. The van der Waals surface area contributed by atoms with Crippen LogP contribution in [0.3, 0.4) is 0 Å². The molecule has 1 saturated heterocycles. The van der Waals surface area contributed by atoms with Gasteiger partial charge in [0.25, 0.3) is 5.19 Å². The number of benzene rings is 2. The van der Waals surface area contributed by atoms with E-state index < -0.39 is 10.0 Å². The molecule has 0 atom stereocenters. The van der Waals surface area contributed by atoms with Gasteiger partial charge in [0.1, 0.15) is 17.4 Å². The Bertz CT molecular complexity index is 1060. The van der Waals surface area contributed by atoms with Gasteiger partial charge in [-0.05, 0) is 44.0 Å². The molecule has 4 rings (SSSR count). The molecule has 27 heavy (non-hydrogen) atoms. The average molecular weight is 407 g/mol. The number of aromatic nitrogens is 1. The molecule has 0 saturated carbocycles. The fourth-order valence-corrected chi connectivity index (χ4v) is 5.50. The highest BCUT2D eigenvalue weighted by atomic mass is 32.2. The lowest BCUT2D eigenvalue weighted by Crippen LogP contribution is -2.41. The van der Waals surface area contributed by atoms with Crippen LogP contribution in [-0.2, 0) is 10.0 Å². The Morgan fingerprint density at radius 1 is 1.15 bits per heavy atom. The van der Waals surface area contributed by atoms with E-state index in [0.717, 1.165) is 10.3 Å². The molecule has 3 aromatic rings. The Morgan fingerprint density at radius 2 is 1.85 bits per heavy atom. The van der Waals surface area contributed by atoms with Gasteiger partial charge in [0, 0.05) is 13.1 Å². The molecule has 5 nitrogen and oxygen atoms in total. The van der Waals surface area contributed by atoms with Gasteiger partial charge in [-0.1, -0.05) is 35.1 Å². The molecule has 0 amide bonds. The number of ether oxygens (including phenoxy) is 1. The van der Waals surface area contributed by atoms with Crippen molar-refractivity contribution < 1.29 is 17.5 Å². The lowest BCUT2D eigenvalue weighted by atomic mass is 10.1. The maximum Gasteiger partial charge on any atom is 0.274 e. The van der Waals surface area contributed by atoms with Crippen molar-refractivity contribution in [1.29, 1.82) is 0 Å². The SMILES string of the molecule is Cc1ccc(S(=O)(=O)N2CCC(Oc3nc4c(F)cccc4s3)CC2)cc1. The van der Waals surface area contributed by atoms with E-state index in [9.17, 15) is 12.8 Å². The van der Waals surface area contributed by atoms with Crippen molar-refractivity contribution >= 4 is 31.6 Å². The van der Waals surface area contributed by atoms with Crippen molar-refractivity contribution in [2.24, 2.45) is 0 Å². The van der Waals surface area contributed by atoms with Crippen LogP contribution in [0.1, 0.15) is 18.4 Å². The first-order valence-corrected chi connectivity index (χ1v) is 11.0. The molecule has 0 aliphatic carbocycles. The third-order valence-electron chi connectivity index (χ3n) is 4.68. The highest BCUT2D eigenvalue weighted by Crippen LogP contribution is 2.31. The van der Waals surface area contributed by atoms with Crippen LogP contribution in [0.5, 0.6) is 5.19 Å². The number of para-hydroxylation sites is 1. The number of halogens is 1. The summed E-state index contributed by atoms with van der Waals surface area (Å²) in [6.45, 7) is 2.70. The molecule has 2 heterocycles. The normalized spacial score (nSPS) is 16.7. The van der Waals surface area contributed by atoms with Crippen molar-refractivity contribution in [3.8, 4) is 5.19 Å². The second kappa shape index (κ2) is 7.18. The first kappa shape index (κ1) is 18.3. The minimum Gasteiger partial charge on any atom is -0.467 e. The maximum atomic E-state index is 13.8. The van der Waals surface area contributed by atoms with Gasteiger partial charge in [-0.3, -0.25) is 0 Å². The fourth-order valence-electron chi connectivity index (χ4n) is 3.14. The van der Waals surface area contributed by atoms with E-state index >= 15 is 0 Å². The zero-order valence-corrected chi connectivity index (χ0v) is 16.4. The molecule has 1 aromatic heterocycles. The topological polar surface area (TPSA) is 59.5 Å². The Balaban J connectivity index is 1.42. The Labute approximate surface area is 161 Å². The molecular weight excluding hydrogens is 387 g/mol. The number of sulfonamides is 1. The van der Waals surface area contributed by atoms with E-state index in [1.54, 1.807) is 36.4 Å². The largest absolute Gasteiger partial charge is 0.467 e. The Hall–Kier alpha value is -2.03. The van der Waals surface area contributed by atoms with E-state index in [1.807, 2.05) is 6.92 Å². The highest BCUT2D eigenvalue weighted by Gasteiger charge is 2.30. The van der Waals surface area contributed by atoms with Crippen LogP contribution in [0.2, 0.25) is 0 Å². The number of piperidine rings is 1. The summed E-state index contributed by atoms with van der Waals surface area (Å²) < 4.78 is 47.4. The molecular formula is C19H19FN2O3S2. The third-order valence-corrected chi connectivity index (χ3v) is 7.50. The van der Waals surface area contributed by atoms with Gasteiger partial charge in [-0.25, -0.2) is 12.8 Å². The molecule has 0 radical (unpaired) electrons. The molecule has 0 unspecified atom stereocenters. The molecule has 8 heteroatoms. The highest BCUT2D eigenvalue weighted by molar-refractivity contribution is 7.89. The van der Waals surface area contributed by atoms with Crippen LogP contribution in [0, 0.1) is 12.7 Å². The van der Waals surface area contributed by atoms with E-state index in [1.165, 1.54) is 21.7 Å². The summed E-state index contributed by atoms with van der Waals surface area (Å²) in [5, 5.41) is 0.426. The minimum atomic E-state index is -3.49. The van der Waals surface area contributed by atoms with Gasteiger partial charge in [0.05, 0.1) is 9.60 Å². The maximum absolute atomic E-state index is 13.8. The van der Waals surface area contributed by atoms with Crippen LogP contribution in [0.15, 0.2) is 47.4 Å². The lowest BCUT2D eigenvalue weighted by molar-refractivity contribution is 0.135. The molecule has 1 fully saturated rings. The van der Waals surface area contributed by atoms with Gasteiger partial charge in [-0.15, -0.1) is 0 Å². The number of nitrogens with zero attached hydrogens (tertiary/aromatic N) is 2. The predicted molar refractivity (Wildman–Crippen MR) is 103 cm³/mol. The smallest absolute Gasteiger partial charge is 0.274 e. The molecule has 2 aromatic carbocycles. The van der Waals surface area contributed by atoms with Crippen molar-refractivity contribution in [2.45, 2.75) is 30.8 Å². The number of hydrogen-bond acceptors (Lipinski definition) is 5. The van der Waals surface area contributed by atoms with Gasteiger partial charge >= 0.3 is 0 Å². The molecule has 1 aliphatic heterocycles. The number of thiazole rings is 1. The van der Waals surface area contributed by atoms with Crippen LogP contribution >= 0.6 is 11.3 Å². The van der Waals surface area contributed by atoms with Crippen LogP contribution in [0.4, 0.5) is 4.39 Å². The summed E-state index contributed by atoms with van der Waals surface area (Å²) in [7, 11) is -3.49. The quantitative estimate of drug-likeness (QED) is 0.658. The van der Waals surface area contributed by atoms with Gasteiger partial charge in [0.15, 0.2) is 0 Å². The first-order chi connectivity index (χ1) is 12.9. The van der Waals surface area contributed by atoms with Crippen LogP contribution in [0.25, 0.3) is 10.2 Å². The fraction of sp³-hybridized carbons (Fsp3) is 0.316. The van der Waals surface area contributed by atoms with Crippen molar-refractivity contribution in [3.63, 3.8) is 0 Å². The lowest BCUT2D eigenvalue weighted by Gasteiger charge is -2.30. The molecule has 0 N–H and O–H groups in total. The van der Waals surface area contributed by atoms with Gasteiger partial charge in [-0.2, -0.15) is 9.29 Å². The summed E-state index contributed by atoms with van der Waals surface area (Å²) in [6.07, 6.45) is 1.02. The van der Waals surface area contributed by atoms with Crippen LogP contribution < -0.4 is 4.74 Å². The summed E-state index contributed by atoms with van der Waals surface area (Å²) in [5.74, 6) is -0.363. The van der Waals surface area contributed by atoms with E-state index in [0.29, 0.717) is 41.5 Å². The molecule has 0 spiro atoms. The molecule has 142 valence electrons. The summed E-state index contributed by atoms with van der Waals surface area (Å²) in [4.78, 5) is 4.53. The Kier molecular flexibility index (Phi) is 4.88. The zero-order chi connectivity index (χ0) is 19.0. The molecule has 1 aliphatic rings. The average Bonchev–Trinajstić information content (AvgIpc) is 3.06. The minimum absolute atomic E-state index is 0.127. The van der Waals surface area contributed by atoms with E-state index in [2.05, 4.69) is 4.98 Å². The first-order valence-electron chi connectivity index (χ1n) is 8.72. The third kappa shape index (κ3) is 3.69. The van der Waals surface area contributed by atoms with Crippen molar-refractivity contribution in [3.05, 3.63) is 53.8 Å². The number of rotatable bonds is 4. The predicted octanol–water partition coefficient (Wildman–Crippen LogP) is 3.98. The van der Waals surface area contributed by atoms with Gasteiger partial charge in [0.2, 0.25) is 10.0 Å². The van der Waals surface area contributed by atoms with Crippen molar-refractivity contribution in [1.82, 2.24) is 9.29 Å². The summed E-state index contributed by atoms with van der Waals surface area (Å²) >= 11 is 1.30. The Morgan fingerprint density at radius 3 is 2.52 bits per heavy atom. The monoisotopic (exact) mass is 406 g/mol. The van der Waals surface area contributed by atoms with Gasteiger partial charge < -0.3 is 4.74 Å².